The third kappa shape index (κ3) is 57.6. The molecule has 0 aliphatic rings. The molecule has 1 atom stereocenters. The van der Waals surface area contributed by atoms with Crippen molar-refractivity contribution in [3.8, 4) is 0 Å². The number of hydrogen-bond acceptors (Lipinski definition) is 6. The number of carbonyl (C=O) groups is 3. The van der Waals surface area contributed by atoms with Gasteiger partial charge in [0.05, 0.1) is 0 Å². The smallest absolute Gasteiger partial charge is 0.306 e. The standard InChI is InChI=1S/C65H114O6/c1-4-7-10-13-16-19-22-25-28-31-32-35-37-40-43-46-49-52-55-58-64(67)70-61-62(71-65(68)59-56-53-50-47-44-41-38-34-30-27-24-21-18-15-12-9-6-3)60-69-63(66)57-54-51-48-45-42-39-36-33-29-26-23-20-17-14-11-8-5-2/h8,11,17,20,25-26,28-29,36,39,45,48,62H,4-7,9-10,12-16,18-19,21-24,27,30-35,37-38,40-44,46-47,49-61H2,1-3H3/b11-8-,20-17-,28-25-,29-26-,39-36-,48-45-/t62-/m1/s1. The van der Waals surface area contributed by atoms with Crippen LogP contribution >= 0.6 is 0 Å². The van der Waals surface area contributed by atoms with E-state index in [0.717, 1.165) is 77.0 Å². The van der Waals surface area contributed by atoms with E-state index < -0.39 is 6.10 Å². The zero-order valence-corrected chi connectivity index (χ0v) is 47.0. The number of carbonyl (C=O) groups excluding carboxylic acids is 3. The molecule has 0 saturated heterocycles. The summed E-state index contributed by atoms with van der Waals surface area (Å²) in [7, 11) is 0. The predicted molar refractivity (Wildman–Crippen MR) is 307 cm³/mol. The summed E-state index contributed by atoms with van der Waals surface area (Å²) in [6, 6.07) is 0. The second kappa shape index (κ2) is 59.4. The molecule has 410 valence electrons. The number of esters is 3. The van der Waals surface area contributed by atoms with Gasteiger partial charge in [0.2, 0.25) is 0 Å². The molecule has 0 aromatic carbocycles. The molecule has 0 radical (unpaired) electrons. The van der Waals surface area contributed by atoms with Crippen LogP contribution in [-0.4, -0.2) is 37.2 Å². The highest BCUT2D eigenvalue weighted by molar-refractivity contribution is 5.71. The Morgan fingerprint density at radius 2 is 0.563 bits per heavy atom. The summed E-state index contributed by atoms with van der Waals surface area (Å²) in [6.45, 7) is 6.51. The molecule has 0 fully saturated rings. The van der Waals surface area contributed by atoms with Crippen LogP contribution < -0.4 is 0 Å². The highest BCUT2D eigenvalue weighted by atomic mass is 16.6. The Morgan fingerprint density at radius 1 is 0.296 bits per heavy atom. The summed E-state index contributed by atoms with van der Waals surface area (Å²) in [6.07, 6.45) is 76.2. The molecule has 0 aliphatic carbocycles. The Labute approximate surface area is 440 Å². The van der Waals surface area contributed by atoms with Crippen LogP contribution in [0.3, 0.4) is 0 Å². The summed E-state index contributed by atoms with van der Waals surface area (Å²) < 4.78 is 16.9. The van der Waals surface area contributed by atoms with Crippen molar-refractivity contribution in [1.82, 2.24) is 0 Å². The fourth-order valence-electron chi connectivity index (χ4n) is 8.65. The Bertz CT molecular complexity index is 1320. The van der Waals surface area contributed by atoms with Gasteiger partial charge in [-0.1, -0.05) is 273 Å². The largest absolute Gasteiger partial charge is 0.462 e. The molecule has 0 amide bonds. The summed E-state index contributed by atoms with van der Waals surface area (Å²) in [5, 5.41) is 0. The lowest BCUT2D eigenvalue weighted by Crippen LogP contribution is -2.30. The van der Waals surface area contributed by atoms with Crippen molar-refractivity contribution in [1.29, 1.82) is 0 Å². The fourth-order valence-corrected chi connectivity index (χ4v) is 8.65. The normalized spacial score (nSPS) is 12.5. The molecule has 0 aromatic rings. The molecule has 6 heteroatoms. The quantitative estimate of drug-likeness (QED) is 0.0261. The molecule has 0 saturated carbocycles. The number of ether oxygens (including phenoxy) is 3. The van der Waals surface area contributed by atoms with Crippen molar-refractivity contribution < 1.29 is 28.6 Å². The maximum Gasteiger partial charge on any atom is 0.306 e. The Morgan fingerprint density at radius 3 is 0.930 bits per heavy atom. The van der Waals surface area contributed by atoms with E-state index >= 15 is 0 Å². The van der Waals surface area contributed by atoms with E-state index in [2.05, 4.69) is 93.7 Å². The Kier molecular flexibility index (Phi) is 56.8. The summed E-state index contributed by atoms with van der Waals surface area (Å²) in [5.74, 6) is -0.940. The van der Waals surface area contributed by atoms with Gasteiger partial charge in [-0.3, -0.25) is 14.4 Å². The highest BCUT2D eigenvalue weighted by Crippen LogP contribution is 2.16. The van der Waals surface area contributed by atoms with Crippen molar-refractivity contribution in [3.05, 3.63) is 72.9 Å². The molecule has 6 nitrogen and oxygen atoms in total. The number of rotatable bonds is 55. The minimum atomic E-state index is -0.798. The van der Waals surface area contributed by atoms with Crippen molar-refractivity contribution in [3.63, 3.8) is 0 Å². The van der Waals surface area contributed by atoms with Crippen LogP contribution in [0.1, 0.15) is 303 Å². The number of unbranched alkanes of at least 4 members (excludes halogenated alkanes) is 32. The van der Waals surface area contributed by atoms with Crippen LogP contribution in [0.2, 0.25) is 0 Å². The van der Waals surface area contributed by atoms with E-state index in [1.807, 2.05) is 0 Å². The average Bonchev–Trinajstić information content (AvgIpc) is 3.37. The second-order valence-electron chi connectivity index (χ2n) is 20.2. The third-order valence-corrected chi connectivity index (χ3v) is 13.2. The molecule has 71 heavy (non-hydrogen) atoms. The van der Waals surface area contributed by atoms with Gasteiger partial charge >= 0.3 is 17.9 Å². The predicted octanol–water partition coefficient (Wildman–Crippen LogP) is 20.5. The minimum absolute atomic E-state index is 0.0914. The molecule has 0 aliphatic heterocycles. The van der Waals surface area contributed by atoms with Crippen molar-refractivity contribution in [2.24, 2.45) is 0 Å². The third-order valence-electron chi connectivity index (χ3n) is 13.2. The average molecular weight is 992 g/mol. The lowest BCUT2D eigenvalue weighted by Gasteiger charge is -2.18. The fraction of sp³-hybridized carbons (Fsp3) is 0.769. The Hall–Kier alpha value is -3.15. The first-order chi connectivity index (χ1) is 35.0. The topological polar surface area (TPSA) is 78.9 Å². The van der Waals surface area contributed by atoms with Gasteiger partial charge in [0.1, 0.15) is 13.2 Å². The summed E-state index contributed by atoms with van der Waals surface area (Å²) in [5.41, 5.74) is 0. The van der Waals surface area contributed by atoms with Gasteiger partial charge in [-0.25, -0.2) is 0 Å². The van der Waals surface area contributed by atoms with Crippen LogP contribution in [0.5, 0.6) is 0 Å². The van der Waals surface area contributed by atoms with Gasteiger partial charge in [-0.2, -0.15) is 0 Å². The van der Waals surface area contributed by atoms with E-state index in [-0.39, 0.29) is 37.5 Å². The van der Waals surface area contributed by atoms with Crippen molar-refractivity contribution in [2.45, 2.75) is 309 Å². The summed E-state index contributed by atoms with van der Waals surface area (Å²) >= 11 is 0. The van der Waals surface area contributed by atoms with Gasteiger partial charge in [-0.05, 0) is 83.5 Å². The second-order valence-corrected chi connectivity index (χ2v) is 20.2. The zero-order chi connectivity index (χ0) is 51.4. The van der Waals surface area contributed by atoms with Crippen molar-refractivity contribution in [2.75, 3.05) is 13.2 Å². The first-order valence-corrected chi connectivity index (χ1v) is 30.4. The molecule has 0 rings (SSSR count). The lowest BCUT2D eigenvalue weighted by molar-refractivity contribution is -0.167. The SMILES string of the molecule is CC/C=C\C/C=C\C/C=C\C/C=C\C/C=C\CCCC(=O)OC[C@H](COC(=O)CCCCCCCCCCC/C=C\CCCCCCCC)OC(=O)CCCCCCCCCCCCCCCCCCC. The van der Waals surface area contributed by atoms with Crippen molar-refractivity contribution >= 4 is 17.9 Å². The van der Waals surface area contributed by atoms with Crippen LogP contribution in [0, 0.1) is 0 Å². The first kappa shape index (κ1) is 67.8. The maximum absolute atomic E-state index is 12.9. The molecule has 0 N–H and O–H groups in total. The van der Waals surface area contributed by atoms with Gasteiger partial charge in [0.25, 0.3) is 0 Å². The monoisotopic (exact) mass is 991 g/mol. The first-order valence-electron chi connectivity index (χ1n) is 30.4. The molecular formula is C65H114O6. The molecular weight excluding hydrogens is 877 g/mol. The van der Waals surface area contributed by atoms with E-state index in [1.165, 1.54) is 180 Å². The highest BCUT2D eigenvalue weighted by Gasteiger charge is 2.19. The number of allylic oxidation sites excluding steroid dienone is 12. The van der Waals surface area contributed by atoms with Crippen LogP contribution in [0.25, 0.3) is 0 Å². The van der Waals surface area contributed by atoms with E-state index in [9.17, 15) is 14.4 Å². The van der Waals surface area contributed by atoms with Crippen LogP contribution in [0.4, 0.5) is 0 Å². The van der Waals surface area contributed by atoms with Gasteiger partial charge in [0, 0.05) is 19.3 Å². The number of hydrogen-bond donors (Lipinski definition) is 0. The summed E-state index contributed by atoms with van der Waals surface area (Å²) in [4.78, 5) is 38.2. The van der Waals surface area contributed by atoms with Gasteiger partial charge in [-0.15, -0.1) is 0 Å². The molecule has 0 spiro atoms. The van der Waals surface area contributed by atoms with Gasteiger partial charge < -0.3 is 14.2 Å². The van der Waals surface area contributed by atoms with E-state index in [1.54, 1.807) is 0 Å². The van der Waals surface area contributed by atoms with E-state index in [0.29, 0.717) is 19.3 Å². The van der Waals surface area contributed by atoms with E-state index in [4.69, 9.17) is 14.2 Å². The van der Waals surface area contributed by atoms with Gasteiger partial charge in [0.15, 0.2) is 6.10 Å². The van der Waals surface area contributed by atoms with Crippen LogP contribution in [0.15, 0.2) is 72.9 Å². The zero-order valence-electron chi connectivity index (χ0n) is 47.0. The molecule has 0 heterocycles. The Balaban J connectivity index is 4.43. The molecule has 0 bridgehead atoms. The molecule has 0 aromatic heterocycles. The van der Waals surface area contributed by atoms with Crippen LogP contribution in [-0.2, 0) is 28.6 Å². The minimum Gasteiger partial charge on any atom is -0.462 e. The molecule has 0 unspecified atom stereocenters. The maximum atomic E-state index is 12.9. The lowest BCUT2D eigenvalue weighted by atomic mass is 10.0.